The second kappa shape index (κ2) is 7.04. The molecule has 1 aromatic carbocycles. The number of aromatic nitrogens is 1. The minimum absolute atomic E-state index is 0.153. The van der Waals surface area contributed by atoms with Gasteiger partial charge >= 0.3 is 0 Å². The van der Waals surface area contributed by atoms with Crippen molar-refractivity contribution in [3.63, 3.8) is 0 Å². The lowest BCUT2D eigenvalue weighted by Gasteiger charge is -2.14. The minimum atomic E-state index is 0.153. The number of benzene rings is 1. The van der Waals surface area contributed by atoms with Crippen molar-refractivity contribution in [1.29, 1.82) is 0 Å². The Bertz CT molecular complexity index is 465. The Kier molecular flexibility index (Phi) is 5.37. The predicted molar refractivity (Wildman–Crippen MR) is 81.4 cm³/mol. The van der Waals surface area contributed by atoms with Crippen LogP contribution < -0.4 is 0 Å². The van der Waals surface area contributed by atoms with Crippen LogP contribution in [0.2, 0.25) is 5.02 Å². The maximum Gasteiger partial charge on any atom is 0.0466 e. The molecule has 1 atom stereocenters. The van der Waals surface area contributed by atoms with Crippen LogP contribution in [0, 0.1) is 5.92 Å². The molecule has 100 valence electrons. The summed E-state index contributed by atoms with van der Waals surface area (Å²) in [6.45, 7) is 0.153. The van der Waals surface area contributed by atoms with Crippen molar-refractivity contribution in [3.8, 4) is 0 Å². The summed E-state index contributed by atoms with van der Waals surface area (Å²) in [4.78, 5) is 4.34. The van der Waals surface area contributed by atoms with Gasteiger partial charge in [0.15, 0.2) is 0 Å². The smallest absolute Gasteiger partial charge is 0.0466 e. The summed E-state index contributed by atoms with van der Waals surface area (Å²) in [5.74, 6) is 0.176. The van der Waals surface area contributed by atoms with E-state index in [4.69, 9.17) is 11.6 Å². The molecule has 0 fully saturated rings. The van der Waals surface area contributed by atoms with Crippen LogP contribution in [0.15, 0.2) is 47.1 Å². The number of hydrogen-bond donors (Lipinski definition) is 1. The Morgan fingerprint density at radius 1 is 1.11 bits per heavy atom. The Balaban J connectivity index is 2.00. The van der Waals surface area contributed by atoms with Gasteiger partial charge in [0.1, 0.15) is 0 Å². The number of nitrogens with zero attached hydrogens (tertiary/aromatic N) is 1. The average Bonchev–Trinajstić information content (AvgIpc) is 2.43. The van der Waals surface area contributed by atoms with Crippen molar-refractivity contribution in [2.75, 3.05) is 6.61 Å². The van der Waals surface area contributed by atoms with Gasteiger partial charge in [-0.15, -0.1) is 0 Å². The van der Waals surface area contributed by atoms with E-state index in [-0.39, 0.29) is 12.5 Å². The Morgan fingerprint density at radius 2 is 1.84 bits per heavy atom. The highest BCUT2D eigenvalue weighted by molar-refractivity contribution is 9.10. The molecule has 0 radical (unpaired) electrons. The molecule has 0 spiro atoms. The zero-order valence-electron chi connectivity index (χ0n) is 10.4. The molecule has 0 bridgehead atoms. The fraction of sp³-hybridized carbons (Fsp3) is 0.267. The summed E-state index contributed by atoms with van der Waals surface area (Å²) >= 11 is 9.23. The summed E-state index contributed by atoms with van der Waals surface area (Å²) in [5.41, 5.74) is 2.18. The molecule has 0 aliphatic heterocycles. The van der Waals surface area contributed by atoms with Gasteiger partial charge in [0, 0.05) is 28.0 Å². The first-order valence-electron chi connectivity index (χ1n) is 6.13. The van der Waals surface area contributed by atoms with Crippen LogP contribution >= 0.6 is 27.5 Å². The van der Waals surface area contributed by atoms with Gasteiger partial charge in [-0.05, 0) is 64.5 Å². The van der Waals surface area contributed by atoms with Gasteiger partial charge in [-0.2, -0.15) is 0 Å². The molecular formula is C15H15BrClNO. The monoisotopic (exact) mass is 339 g/mol. The Labute approximate surface area is 126 Å². The second-order valence-corrected chi connectivity index (χ2v) is 5.90. The summed E-state index contributed by atoms with van der Waals surface area (Å²) in [5, 5.41) is 10.2. The zero-order chi connectivity index (χ0) is 13.7. The number of aliphatic hydroxyl groups excluding tert-OH is 1. The number of pyridine rings is 1. The number of hydrogen-bond acceptors (Lipinski definition) is 2. The molecule has 0 saturated heterocycles. The lowest BCUT2D eigenvalue weighted by molar-refractivity contribution is 0.224. The highest BCUT2D eigenvalue weighted by atomic mass is 79.9. The summed E-state index contributed by atoms with van der Waals surface area (Å²) in [6, 6.07) is 11.7. The zero-order valence-corrected chi connectivity index (χ0v) is 12.7. The third kappa shape index (κ3) is 4.60. The fourth-order valence-corrected chi connectivity index (χ4v) is 2.34. The van der Waals surface area contributed by atoms with Gasteiger partial charge in [-0.25, -0.2) is 0 Å². The van der Waals surface area contributed by atoms with Crippen LogP contribution in [-0.4, -0.2) is 16.7 Å². The van der Waals surface area contributed by atoms with Gasteiger partial charge in [0.05, 0.1) is 0 Å². The van der Waals surface area contributed by atoms with Gasteiger partial charge in [0.2, 0.25) is 0 Å². The molecule has 0 aliphatic rings. The van der Waals surface area contributed by atoms with Crippen LogP contribution in [0.3, 0.4) is 0 Å². The lowest BCUT2D eigenvalue weighted by atomic mass is 9.95. The SMILES string of the molecule is OCC(Cc1ccc(Cl)cc1)Cc1ccc(Br)cn1. The summed E-state index contributed by atoms with van der Waals surface area (Å²) in [7, 11) is 0. The molecule has 0 amide bonds. The van der Waals surface area contributed by atoms with E-state index < -0.39 is 0 Å². The highest BCUT2D eigenvalue weighted by Gasteiger charge is 2.10. The van der Waals surface area contributed by atoms with Crippen molar-refractivity contribution < 1.29 is 5.11 Å². The first-order chi connectivity index (χ1) is 9.17. The third-order valence-electron chi connectivity index (χ3n) is 2.98. The minimum Gasteiger partial charge on any atom is -0.396 e. The van der Waals surface area contributed by atoms with Crippen LogP contribution in [0.5, 0.6) is 0 Å². The van der Waals surface area contributed by atoms with Crippen molar-refractivity contribution in [2.24, 2.45) is 5.92 Å². The predicted octanol–water partition coefficient (Wildman–Crippen LogP) is 3.89. The quantitative estimate of drug-likeness (QED) is 0.895. The molecule has 1 N–H and O–H groups in total. The Hall–Kier alpha value is -0.900. The first-order valence-corrected chi connectivity index (χ1v) is 7.30. The summed E-state index contributed by atoms with van der Waals surface area (Å²) < 4.78 is 0.967. The van der Waals surface area contributed by atoms with Crippen molar-refractivity contribution in [3.05, 3.63) is 63.3 Å². The van der Waals surface area contributed by atoms with Crippen molar-refractivity contribution >= 4 is 27.5 Å². The van der Waals surface area contributed by atoms with E-state index in [9.17, 15) is 5.11 Å². The Morgan fingerprint density at radius 3 is 2.42 bits per heavy atom. The molecule has 1 unspecified atom stereocenters. The van der Waals surface area contributed by atoms with Gasteiger partial charge in [0.25, 0.3) is 0 Å². The van der Waals surface area contributed by atoms with Crippen LogP contribution in [-0.2, 0) is 12.8 Å². The van der Waals surface area contributed by atoms with Crippen LogP contribution in [0.25, 0.3) is 0 Å². The largest absolute Gasteiger partial charge is 0.396 e. The fourth-order valence-electron chi connectivity index (χ4n) is 1.98. The summed E-state index contributed by atoms with van der Waals surface area (Å²) in [6.07, 6.45) is 3.38. The standard InChI is InChI=1S/C15H15BrClNO/c16-13-3-6-15(18-9-13)8-12(10-19)7-11-1-4-14(17)5-2-11/h1-6,9,12,19H,7-8,10H2. The number of rotatable bonds is 5. The van der Waals surface area contributed by atoms with Gasteiger partial charge in [-0.1, -0.05) is 23.7 Å². The average molecular weight is 341 g/mol. The van der Waals surface area contributed by atoms with Crippen LogP contribution in [0.1, 0.15) is 11.3 Å². The van der Waals surface area contributed by atoms with E-state index in [1.807, 2.05) is 36.4 Å². The van der Waals surface area contributed by atoms with E-state index in [0.29, 0.717) is 0 Å². The molecular weight excluding hydrogens is 326 g/mol. The van der Waals surface area contributed by atoms with Gasteiger partial charge < -0.3 is 5.11 Å². The molecule has 1 aromatic heterocycles. The molecule has 0 aliphatic carbocycles. The molecule has 2 aromatic rings. The van der Waals surface area contributed by atoms with Crippen molar-refractivity contribution in [1.82, 2.24) is 4.98 Å². The van der Waals surface area contributed by atoms with Crippen molar-refractivity contribution in [2.45, 2.75) is 12.8 Å². The molecule has 19 heavy (non-hydrogen) atoms. The molecule has 2 rings (SSSR count). The van der Waals surface area contributed by atoms with Crippen LogP contribution in [0.4, 0.5) is 0 Å². The maximum atomic E-state index is 9.49. The van der Waals surface area contributed by atoms with E-state index in [1.54, 1.807) is 6.20 Å². The highest BCUT2D eigenvalue weighted by Crippen LogP contribution is 2.17. The lowest BCUT2D eigenvalue weighted by Crippen LogP contribution is -2.13. The maximum absolute atomic E-state index is 9.49. The second-order valence-electron chi connectivity index (χ2n) is 4.55. The third-order valence-corrected chi connectivity index (χ3v) is 3.70. The molecule has 0 saturated carbocycles. The van der Waals surface area contributed by atoms with Gasteiger partial charge in [-0.3, -0.25) is 4.98 Å². The van der Waals surface area contributed by atoms with E-state index in [0.717, 1.165) is 28.0 Å². The first kappa shape index (κ1) is 14.5. The molecule has 2 nitrogen and oxygen atoms in total. The van der Waals surface area contributed by atoms with E-state index >= 15 is 0 Å². The van der Waals surface area contributed by atoms with E-state index in [2.05, 4.69) is 20.9 Å². The topological polar surface area (TPSA) is 33.1 Å². The number of halogens is 2. The number of aliphatic hydroxyl groups is 1. The van der Waals surface area contributed by atoms with E-state index in [1.165, 1.54) is 5.56 Å². The molecule has 4 heteroatoms. The molecule has 1 heterocycles. The normalized spacial score (nSPS) is 12.4.